The number of hydrogen-bond donors (Lipinski definition) is 1. The lowest BCUT2D eigenvalue weighted by molar-refractivity contribution is -0.421. The predicted molar refractivity (Wildman–Crippen MR) is 61.7 cm³/mol. The van der Waals surface area contributed by atoms with Gasteiger partial charge in [-0.3, -0.25) is 20.2 Å². The lowest BCUT2D eigenvalue weighted by Gasteiger charge is -2.03. The van der Waals surface area contributed by atoms with E-state index in [-0.39, 0.29) is 11.1 Å². The third-order valence-corrected chi connectivity index (χ3v) is 2.41. The summed E-state index contributed by atoms with van der Waals surface area (Å²) in [5.74, 6) is 0. The summed E-state index contributed by atoms with van der Waals surface area (Å²) in [5, 5.41) is 22.3. The normalized spacial score (nSPS) is 10.4. The van der Waals surface area contributed by atoms with Crippen LogP contribution in [0.3, 0.4) is 0 Å². The SMILES string of the molecule is Nc1cc([N+](=O)[O-])c([N+](=O)[O-])c2ccccc12. The Morgan fingerprint density at radius 2 is 1.59 bits per heavy atom. The molecule has 0 saturated carbocycles. The largest absolute Gasteiger partial charge is 0.398 e. The zero-order valence-electron chi connectivity index (χ0n) is 8.49. The van der Waals surface area contributed by atoms with E-state index in [1.807, 2.05) is 0 Å². The molecule has 0 amide bonds. The smallest absolute Gasteiger partial charge is 0.353 e. The number of fused-ring (bicyclic) bond motifs is 1. The van der Waals surface area contributed by atoms with Gasteiger partial charge in [-0.1, -0.05) is 18.2 Å². The second kappa shape index (κ2) is 3.71. The lowest BCUT2D eigenvalue weighted by atomic mass is 10.1. The molecule has 0 unspecified atom stereocenters. The minimum Gasteiger partial charge on any atom is -0.398 e. The van der Waals surface area contributed by atoms with Crippen LogP contribution in [0.5, 0.6) is 0 Å². The molecule has 86 valence electrons. The quantitative estimate of drug-likeness (QED) is 0.485. The number of hydrogen-bond acceptors (Lipinski definition) is 5. The van der Waals surface area contributed by atoms with E-state index < -0.39 is 21.2 Å². The van der Waals surface area contributed by atoms with E-state index in [9.17, 15) is 20.2 Å². The molecule has 0 heterocycles. The highest BCUT2D eigenvalue weighted by molar-refractivity contribution is 6.02. The van der Waals surface area contributed by atoms with E-state index in [1.165, 1.54) is 6.07 Å². The molecular formula is C10H7N3O4. The first-order chi connectivity index (χ1) is 8.02. The van der Waals surface area contributed by atoms with Crippen molar-refractivity contribution >= 4 is 27.8 Å². The van der Waals surface area contributed by atoms with Crippen LogP contribution in [0.25, 0.3) is 10.8 Å². The molecule has 0 aliphatic heterocycles. The van der Waals surface area contributed by atoms with E-state index in [0.29, 0.717) is 5.39 Å². The fourth-order valence-corrected chi connectivity index (χ4v) is 1.70. The lowest BCUT2D eigenvalue weighted by Crippen LogP contribution is -2.00. The average Bonchev–Trinajstić information content (AvgIpc) is 2.28. The van der Waals surface area contributed by atoms with Crippen LogP contribution in [0.1, 0.15) is 0 Å². The fourth-order valence-electron chi connectivity index (χ4n) is 1.70. The molecular weight excluding hydrogens is 226 g/mol. The summed E-state index contributed by atoms with van der Waals surface area (Å²) < 4.78 is 0. The van der Waals surface area contributed by atoms with Crippen LogP contribution in [0.4, 0.5) is 17.1 Å². The van der Waals surface area contributed by atoms with Gasteiger partial charge in [0.15, 0.2) is 0 Å². The van der Waals surface area contributed by atoms with E-state index in [4.69, 9.17) is 5.73 Å². The van der Waals surface area contributed by atoms with E-state index in [1.54, 1.807) is 18.2 Å². The van der Waals surface area contributed by atoms with Gasteiger partial charge in [-0.2, -0.15) is 0 Å². The van der Waals surface area contributed by atoms with Crippen molar-refractivity contribution in [3.8, 4) is 0 Å². The third-order valence-electron chi connectivity index (χ3n) is 2.41. The Hall–Kier alpha value is -2.70. The molecule has 7 heteroatoms. The molecule has 0 radical (unpaired) electrons. The minimum absolute atomic E-state index is 0.151. The first kappa shape index (κ1) is 10.8. The van der Waals surface area contributed by atoms with Crippen LogP contribution in [-0.2, 0) is 0 Å². The van der Waals surface area contributed by atoms with E-state index in [0.717, 1.165) is 6.07 Å². The van der Waals surface area contributed by atoms with Gasteiger partial charge in [-0.05, 0) is 6.07 Å². The topological polar surface area (TPSA) is 112 Å². The number of benzene rings is 2. The van der Waals surface area contributed by atoms with E-state index >= 15 is 0 Å². The number of anilines is 1. The van der Waals surface area contributed by atoms with Crippen LogP contribution in [0.2, 0.25) is 0 Å². The highest BCUT2D eigenvalue weighted by Crippen LogP contribution is 2.38. The van der Waals surface area contributed by atoms with Gasteiger partial charge in [0.05, 0.1) is 15.2 Å². The molecule has 2 aromatic rings. The number of nitrogen functional groups attached to an aromatic ring is 1. The first-order valence-electron chi connectivity index (χ1n) is 4.62. The number of nitro groups is 2. The van der Waals surface area contributed by atoms with Gasteiger partial charge in [0.1, 0.15) is 0 Å². The molecule has 0 aliphatic rings. The van der Waals surface area contributed by atoms with Crippen molar-refractivity contribution < 1.29 is 9.85 Å². The van der Waals surface area contributed by atoms with Gasteiger partial charge in [0, 0.05) is 17.1 Å². The molecule has 0 saturated heterocycles. The van der Waals surface area contributed by atoms with Crippen LogP contribution < -0.4 is 5.73 Å². The summed E-state index contributed by atoms with van der Waals surface area (Å²) >= 11 is 0. The zero-order chi connectivity index (χ0) is 12.6. The molecule has 2 rings (SSSR count). The molecule has 0 aromatic heterocycles. The standard InChI is InChI=1S/C10H7N3O4/c11-8-5-9(12(14)15)10(13(16)17)7-4-2-1-3-6(7)8/h1-5H,11H2. The van der Waals surface area contributed by atoms with E-state index in [2.05, 4.69) is 0 Å². The fraction of sp³-hybridized carbons (Fsp3) is 0. The maximum atomic E-state index is 10.9. The Morgan fingerprint density at radius 1 is 1.00 bits per heavy atom. The number of nitrogens with zero attached hydrogens (tertiary/aromatic N) is 2. The Kier molecular flexibility index (Phi) is 2.36. The summed E-state index contributed by atoms with van der Waals surface area (Å²) in [6, 6.07) is 7.27. The van der Waals surface area contributed by atoms with Crippen molar-refractivity contribution in [2.75, 3.05) is 5.73 Å². The molecule has 0 aliphatic carbocycles. The Morgan fingerprint density at radius 3 is 2.12 bits per heavy atom. The van der Waals surface area contributed by atoms with Crippen LogP contribution >= 0.6 is 0 Å². The second-order valence-corrected chi connectivity index (χ2v) is 3.39. The van der Waals surface area contributed by atoms with Crippen LogP contribution in [0, 0.1) is 20.2 Å². The second-order valence-electron chi connectivity index (χ2n) is 3.39. The number of nitrogens with two attached hydrogens (primary N) is 1. The van der Waals surface area contributed by atoms with Crippen molar-refractivity contribution in [3.05, 3.63) is 50.6 Å². The summed E-state index contributed by atoms with van der Waals surface area (Å²) in [5.41, 5.74) is 4.67. The third kappa shape index (κ3) is 1.63. The molecule has 0 atom stereocenters. The summed E-state index contributed by atoms with van der Waals surface area (Å²) in [6.07, 6.45) is 0. The monoisotopic (exact) mass is 233 g/mol. The summed E-state index contributed by atoms with van der Waals surface area (Å²) in [4.78, 5) is 20.1. The van der Waals surface area contributed by atoms with Crippen molar-refractivity contribution in [3.63, 3.8) is 0 Å². The van der Waals surface area contributed by atoms with Gasteiger partial charge in [0.25, 0.3) is 0 Å². The Bertz CT molecular complexity index is 639. The molecule has 17 heavy (non-hydrogen) atoms. The predicted octanol–water partition coefficient (Wildman–Crippen LogP) is 2.24. The summed E-state index contributed by atoms with van der Waals surface area (Å²) in [7, 11) is 0. The average molecular weight is 233 g/mol. The van der Waals surface area contributed by atoms with Crippen LogP contribution in [0.15, 0.2) is 30.3 Å². The van der Waals surface area contributed by atoms with Gasteiger partial charge >= 0.3 is 11.4 Å². The van der Waals surface area contributed by atoms with Gasteiger partial charge in [-0.25, -0.2) is 0 Å². The number of nitro benzene ring substituents is 2. The molecule has 7 nitrogen and oxygen atoms in total. The highest BCUT2D eigenvalue weighted by atomic mass is 16.6. The van der Waals surface area contributed by atoms with Crippen molar-refractivity contribution in [1.82, 2.24) is 0 Å². The van der Waals surface area contributed by atoms with Crippen molar-refractivity contribution in [1.29, 1.82) is 0 Å². The number of rotatable bonds is 2. The minimum atomic E-state index is -0.805. The van der Waals surface area contributed by atoms with Gasteiger partial charge in [-0.15, -0.1) is 0 Å². The van der Waals surface area contributed by atoms with Gasteiger partial charge in [0.2, 0.25) is 0 Å². The maximum Gasteiger partial charge on any atom is 0.353 e. The van der Waals surface area contributed by atoms with Crippen LogP contribution in [-0.4, -0.2) is 9.85 Å². The molecule has 0 bridgehead atoms. The molecule has 2 N–H and O–H groups in total. The highest BCUT2D eigenvalue weighted by Gasteiger charge is 2.28. The Balaban J connectivity index is 2.98. The van der Waals surface area contributed by atoms with Gasteiger partial charge < -0.3 is 5.73 Å². The van der Waals surface area contributed by atoms with Crippen molar-refractivity contribution in [2.24, 2.45) is 0 Å². The first-order valence-corrected chi connectivity index (χ1v) is 4.62. The molecule has 0 spiro atoms. The zero-order valence-corrected chi connectivity index (χ0v) is 8.49. The Labute approximate surface area is 94.8 Å². The molecule has 2 aromatic carbocycles. The summed E-state index contributed by atoms with van der Waals surface area (Å²) in [6.45, 7) is 0. The maximum absolute atomic E-state index is 10.9. The molecule has 0 fully saturated rings. The van der Waals surface area contributed by atoms with Crippen molar-refractivity contribution in [2.45, 2.75) is 0 Å².